The van der Waals surface area contributed by atoms with Gasteiger partial charge in [0.15, 0.2) is 5.82 Å². The molecule has 2 N–H and O–H groups in total. The number of carbonyl (C=O) groups is 2. The quantitative estimate of drug-likeness (QED) is 0.315. The van der Waals surface area contributed by atoms with Crippen molar-refractivity contribution in [3.05, 3.63) is 114 Å². The Morgan fingerprint density at radius 2 is 1.54 bits per heavy atom. The molecule has 0 spiro atoms. The first-order valence-electron chi connectivity index (χ1n) is 11.4. The Morgan fingerprint density at radius 3 is 2.27 bits per heavy atom. The van der Waals surface area contributed by atoms with Crippen LogP contribution in [0.15, 0.2) is 102 Å². The van der Waals surface area contributed by atoms with Crippen molar-refractivity contribution in [2.45, 2.75) is 6.42 Å². The SMILES string of the molecule is O=C(Cc1ccccc1)Nc1onc(-c2ccc(F)cc2)c1-c1nccc(NC(=O)c2ccccc2)n1. The molecule has 8 nitrogen and oxygen atoms in total. The van der Waals surface area contributed by atoms with Crippen LogP contribution in [0.25, 0.3) is 22.6 Å². The number of halogens is 1. The number of nitrogens with one attached hydrogen (secondary N) is 2. The van der Waals surface area contributed by atoms with Crippen molar-refractivity contribution in [3.8, 4) is 22.6 Å². The first-order valence-corrected chi connectivity index (χ1v) is 11.4. The minimum Gasteiger partial charge on any atom is -0.337 e. The fraction of sp³-hybridized carbons (Fsp3) is 0.0357. The molecule has 0 aliphatic rings. The molecule has 2 amide bonds. The molecule has 2 aromatic heterocycles. The molecule has 0 saturated heterocycles. The Balaban J connectivity index is 1.49. The van der Waals surface area contributed by atoms with E-state index in [1.807, 2.05) is 36.4 Å². The summed E-state index contributed by atoms with van der Waals surface area (Å²) in [6, 6.07) is 25.1. The summed E-state index contributed by atoms with van der Waals surface area (Å²) >= 11 is 0. The van der Waals surface area contributed by atoms with E-state index < -0.39 is 5.82 Å². The number of nitrogens with zero attached hydrogens (tertiary/aromatic N) is 3. The minimum atomic E-state index is -0.410. The molecule has 0 aliphatic heterocycles. The number of benzene rings is 3. The summed E-state index contributed by atoms with van der Waals surface area (Å²) in [4.78, 5) is 34.2. The summed E-state index contributed by atoms with van der Waals surface area (Å²) < 4.78 is 19.0. The van der Waals surface area contributed by atoms with Gasteiger partial charge in [-0.25, -0.2) is 14.4 Å². The second-order valence-corrected chi connectivity index (χ2v) is 8.04. The topological polar surface area (TPSA) is 110 Å². The van der Waals surface area contributed by atoms with E-state index >= 15 is 0 Å². The smallest absolute Gasteiger partial charge is 0.256 e. The van der Waals surface area contributed by atoms with Gasteiger partial charge in [0.1, 0.15) is 22.9 Å². The number of carbonyl (C=O) groups excluding carboxylic acids is 2. The first-order chi connectivity index (χ1) is 18.1. The van der Waals surface area contributed by atoms with Crippen molar-refractivity contribution in [2.75, 3.05) is 10.6 Å². The van der Waals surface area contributed by atoms with Crippen LogP contribution in [-0.4, -0.2) is 26.9 Å². The van der Waals surface area contributed by atoms with Gasteiger partial charge in [0.05, 0.1) is 6.42 Å². The molecule has 9 heteroatoms. The number of hydrogen-bond acceptors (Lipinski definition) is 6. The van der Waals surface area contributed by atoms with E-state index in [1.54, 1.807) is 30.3 Å². The molecule has 0 unspecified atom stereocenters. The van der Waals surface area contributed by atoms with Gasteiger partial charge in [-0.3, -0.25) is 14.9 Å². The van der Waals surface area contributed by atoms with Gasteiger partial charge in [-0.1, -0.05) is 53.7 Å². The molecular weight excluding hydrogens is 473 g/mol. The zero-order valence-electron chi connectivity index (χ0n) is 19.4. The zero-order valence-corrected chi connectivity index (χ0v) is 19.4. The standard InChI is InChI=1S/C28H20FN5O3/c29-21-13-11-19(12-14-21)25-24(28(37-34-25)33-23(35)17-18-7-3-1-4-8-18)26-30-16-15-22(31-26)32-27(36)20-9-5-2-6-10-20/h1-16H,17H2,(H,33,35)(H,30,31,32,36). The van der Waals surface area contributed by atoms with Crippen LogP contribution in [0.5, 0.6) is 0 Å². The Hall–Kier alpha value is -5.18. The average molecular weight is 493 g/mol. The number of anilines is 2. The highest BCUT2D eigenvalue weighted by Gasteiger charge is 2.24. The molecule has 5 rings (SSSR count). The summed E-state index contributed by atoms with van der Waals surface area (Å²) in [5.41, 5.74) is 2.42. The van der Waals surface area contributed by atoms with E-state index in [-0.39, 0.29) is 35.8 Å². The van der Waals surface area contributed by atoms with E-state index in [0.29, 0.717) is 22.4 Å². The highest BCUT2D eigenvalue weighted by Crippen LogP contribution is 2.36. The molecule has 0 aliphatic carbocycles. The molecule has 0 bridgehead atoms. The third kappa shape index (κ3) is 5.57. The second kappa shape index (κ2) is 10.6. The lowest BCUT2D eigenvalue weighted by Crippen LogP contribution is -2.15. The van der Waals surface area contributed by atoms with Crippen molar-refractivity contribution in [3.63, 3.8) is 0 Å². The van der Waals surface area contributed by atoms with Gasteiger partial charge in [0, 0.05) is 17.3 Å². The van der Waals surface area contributed by atoms with Crippen LogP contribution in [-0.2, 0) is 11.2 Å². The molecule has 37 heavy (non-hydrogen) atoms. The molecule has 0 atom stereocenters. The van der Waals surface area contributed by atoms with Crippen LogP contribution in [0.3, 0.4) is 0 Å². The van der Waals surface area contributed by atoms with Crippen LogP contribution in [0, 0.1) is 5.82 Å². The lowest BCUT2D eigenvalue weighted by Gasteiger charge is -2.08. The van der Waals surface area contributed by atoms with Crippen molar-refractivity contribution < 1.29 is 18.5 Å². The Bertz CT molecular complexity index is 1540. The van der Waals surface area contributed by atoms with Crippen LogP contribution in [0.1, 0.15) is 15.9 Å². The number of hydrogen-bond donors (Lipinski definition) is 2. The van der Waals surface area contributed by atoms with Crippen molar-refractivity contribution in [2.24, 2.45) is 0 Å². The zero-order chi connectivity index (χ0) is 25.6. The van der Waals surface area contributed by atoms with Crippen LogP contribution < -0.4 is 10.6 Å². The van der Waals surface area contributed by atoms with Gasteiger partial charge in [0.2, 0.25) is 11.8 Å². The molecule has 182 valence electrons. The van der Waals surface area contributed by atoms with Crippen molar-refractivity contribution in [1.82, 2.24) is 15.1 Å². The number of amides is 2. The van der Waals surface area contributed by atoms with Gasteiger partial charge in [-0.2, -0.15) is 0 Å². The summed E-state index contributed by atoms with van der Waals surface area (Å²) in [5, 5.41) is 9.59. The van der Waals surface area contributed by atoms with E-state index in [1.165, 1.54) is 30.5 Å². The fourth-order valence-corrected chi connectivity index (χ4v) is 3.67. The predicted molar refractivity (Wildman–Crippen MR) is 136 cm³/mol. The molecule has 0 fully saturated rings. The van der Waals surface area contributed by atoms with Crippen molar-refractivity contribution >= 4 is 23.5 Å². The largest absolute Gasteiger partial charge is 0.337 e. The highest BCUT2D eigenvalue weighted by atomic mass is 19.1. The van der Waals surface area contributed by atoms with E-state index in [0.717, 1.165) is 5.56 Å². The molecule has 3 aromatic carbocycles. The molecular formula is C28H20FN5O3. The van der Waals surface area contributed by atoms with Gasteiger partial charge < -0.3 is 9.84 Å². The third-order valence-corrected chi connectivity index (χ3v) is 5.43. The van der Waals surface area contributed by atoms with E-state index in [9.17, 15) is 14.0 Å². The second-order valence-electron chi connectivity index (χ2n) is 8.04. The highest BCUT2D eigenvalue weighted by molar-refractivity contribution is 6.04. The average Bonchev–Trinajstić information content (AvgIpc) is 3.33. The summed E-state index contributed by atoms with van der Waals surface area (Å²) in [6.45, 7) is 0. The lowest BCUT2D eigenvalue weighted by atomic mass is 10.1. The summed E-state index contributed by atoms with van der Waals surface area (Å²) in [7, 11) is 0. The number of rotatable bonds is 7. The monoisotopic (exact) mass is 493 g/mol. The lowest BCUT2D eigenvalue weighted by molar-refractivity contribution is -0.115. The molecule has 5 aromatic rings. The normalized spacial score (nSPS) is 10.6. The Kier molecular flexibility index (Phi) is 6.76. The fourth-order valence-electron chi connectivity index (χ4n) is 3.67. The first kappa shape index (κ1) is 23.6. The van der Waals surface area contributed by atoms with Crippen molar-refractivity contribution in [1.29, 1.82) is 0 Å². The van der Waals surface area contributed by atoms with Gasteiger partial charge in [-0.05, 0) is 48.0 Å². The predicted octanol–water partition coefficient (Wildman–Crippen LogP) is 5.37. The van der Waals surface area contributed by atoms with E-state index in [4.69, 9.17) is 4.52 Å². The van der Waals surface area contributed by atoms with Crippen LogP contribution in [0.4, 0.5) is 16.1 Å². The van der Waals surface area contributed by atoms with Gasteiger partial charge in [0.25, 0.3) is 5.91 Å². The van der Waals surface area contributed by atoms with E-state index in [2.05, 4.69) is 25.8 Å². The molecule has 0 saturated carbocycles. The minimum absolute atomic E-state index is 0.0341. The molecule has 2 heterocycles. The van der Waals surface area contributed by atoms with Crippen LogP contribution >= 0.6 is 0 Å². The maximum Gasteiger partial charge on any atom is 0.256 e. The molecule has 0 radical (unpaired) electrons. The number of aromatic nitrogens is 3. The summed E-state index contributed by atoms with van der Waals surface area (Å²) in [5.74, 6) is -0.652. The maximum absolute atomic E-state index is 13.6. The third-order valence-electron chi connectivity index (χ3n) is 5.43. The Morgan fingerprint density at radius 1 is 0.838 bits per heavy atom. The van der Waals surface area contributed by atoms with Crippen LogP contribution in [0.2, 0.25) is 0 Å². The Labute approximate surface area is 211 Å². The maximum atomic E-state index is 13.6. The van der Waals surface area contributed by atoms with Gasteiger partial charge >= 0.3 is 0 Å². The van der Waals surface area contributed by atoms with Gasteiger partial charge in [-0.15, -0.1) is 0 Å². The summed E-state index contributed by atoms with van der Waals surface area (Å²) in [6.07, 6.45) is 1.58.